The van der Waals surface area contributed by atoms with Crippen molar-refractivity contribution in [2.75, 3.05) is 14.2 Å². The fourth-order valence-corrected chi connectivity index (χ4v) is 2.93. The van der Waals surface area contributed by atoms with Crippen LogP contribution in [0.25, 0.3) is 0 Å². The SMILES string of the molecule is COC(=O)CC(c1ccc(OC)c(CO)c1)c1c(O)cc(C)n(C)c1=O. The van der Waals surface area contributed by atoms with Crippen LogP contribution in [0.4, 0.5) is 0 Å². The second kappa shape index (κ2) is 8.05. The molecule has 0 saturated carbocycles. The number of carbonyl (C=O) groups excluding carboxylic acids is 1. The number of benzene rings is 1. The molecule has 0 fully saturated rings. The lowest BCUT2D eigenvalue weighted by molar-refractivity contribution is -0.140. The lowest BCUT2D eigenvalue weighted by atomic mass is 9.87. The Labute approximate surface area is 151 Å². The van der Waals surface area contributed by atoms with Crippen molar-refractivity contribution in [1.29, 1.82) is 0 Å². The number of aromatic nitrogens is 1. The number of methoxy groups -OCH3 is 2. The third-order valence-corrected chi connectivity index (χ3v) is 4.51. The van der Waals surface area contributed by atoms with E-state index < -0.39 is 17.4 Å². The minimum Gasteiger partial charge on any atom is -0.507 e. The van der Waals surface area contributed by atoms with Crippen molar-refractivity contribution in [2.24, 2.45) is 7.05 Å². The van der Waals surface area contributed by atoms with E-state index in [9.17, 15) is 19.8 Å². The molecule has 2 N–H and O–H groups in total. The van der Waals surface area contributed by atoms with Gasteiger partial charge in [0.05, 0.1) is 32.8 Å². The number of aliphatic hydroxyl groups excluding tert-OH is 1. The zero-order chi connectivity index (χ0) is 19.4. The summed E-state index contributed by atoms with van der Waals surface area (Å²) in [6.45, 7) is 1.44. The normalized spacial score (nSPS) is 11.9. The Kier molecular flexibility index (Phi) is 6.05. The molecule has 7 nitrogen and oxygen atoms in total. The fourth-order valence-electron chi connectivity index (χ4n) is 2.93. The molecule has 0 aliphatic rings. The van der Waals surface area contributed by atoms with E-state index in [2.05, 4.69) is 0 Å². The second-order valence-electron chi connectivity index (χ2n) is 6.01. The van der Waals surface area contributed by atoms with Crippen molar-refractivity contribution >= 4 is 5.97 Å². The average molecular weight is 361 g/mol. The van der Waals surface area contributed by atoms with Crippen LogP contribution < -0.4 is 10.3 Å². The number of aliphatic hydroxyl groups is 1. The summed E-state index contributed by atoms with van der Waals surface area (Å²) in [5.41, 5.74) is 1.42. The fraction of sp³-hybridized carbons (Fsp3) is 0.368. The van der Waals surface area contributed by atoms with Crippen LogP contribution in [0, 0.1) is 6.92 Å². The molecule has 26 heavy (non-hydrogen) atoms. The molecule has 2 rings (SSSR count). The third-order valence-electron chi connectivity index (χ3n) is 4.51. The van der Waals surface area contributed by atoms with E-state index in [0.29, 0.717) is 22.6 Å². The minimum absolute atomic E-state index is 0.109. The molecule has 0 amide bonds. The molecule has 1 heterocycles. The summed E-state index contributed by atoms with van der Waals surface area (Å²) >= 11 is 0. The van der Waals surface area contributed by atoms with Crippen molar-refractivity contribution in [3.05, 3.63) is 57.0 Å². The van der Waals surface area contributed by atoms with Gasteiger partial charge in [-0.3, -0.25) is 9.59 Å². The van der Waals surface area contributed by atoms with E-state index in [-0.39, 0.29) is 24.3 Å². The number of hydrogen-bond acceptors (Lipinski definition) is 6. The summed E-state index contributed by atoms with van der Waals surface area (Å²) < 4.78 is 11.4. The largest absolute Gasteiger partial charge is 0.507 e. The van der Waals surface area contributed by atoms with Gasteiger partial charge in [-0.1, -0.05) is 6.07 Å². The van der Waals surface area contributed by atoms with E-state index >= 15 is 0 Å². The van der Waals surface area contributed by atoms with Gasteiger partial charge in [0.2, 0.25) is 0 Å². The Bertz CT molecular complexity index is 871. The number of ether oxygens (including phenoxy) is 2. The first-order chi connectivity index (χ1) is 12.3. The zero-order valence-corrected chi connectivity index (χ0v) is 15.3. The van der Waals surface area contributed by atoms with Crippen molar-refractivity contribution in [3.8, 4) is 11.5 Å². The van der Waals surface area contributed by atoms with E-state index in [1.807, 2.05) is 0 Å². The van der Waals surface area contributed by atoms with Crippen LogP contribution in [0.5, 0.6) is 11.5 Å². The number of pyridine rings is 1. The highest BCUT2D eigenvalue weighted by Crippen LogP contribution is 2.34. The zero-order valence-electron chi connectivity index (χ0n) is 15.3. The van der Waals surface area contributed by atoms with Crippen LogP contribution in [-0.2, 0) is 23.2 Å². The van der Waals surface area contributed by atoms with Crippen LogP contribution in [0.1, 0.15) is 34.7 Å². The van der Waals surface area contributed by atoms with Gasteiger partial charge in [-0.2, -0.15) is 0 Å². The summed E-state index contributed by atoms with van der Waals surface area (Å²) in [7, 11) is 4.35. The quantitative estimate of drug-likeness (QED) is 0.759. The molecule has 7 heteroatoms. The van der Waals surface area contributed by atoms with Gasteiger partial charge in [0.15, 0.2) is 0 Å². The standard InChI is InChI=1S/C19H23NO6/c1-11-7-15(22)18(19(24)20(11)2)14(9-17(23)26-4)12-5-6-16(25-3)13(8-12)10-21/h5-8,14,21-22H,9-10H2,1-4H3. The molecule has 2 aromatic rings. The maximum absolute atomic E-state index is 12.7. The molecular weight excluding hydrogens is 338 g/mol. The smallest absolute Gasteiger partial charge is 0.306 e. The highest BCUT2D eigenvalue weighted by Gasteiger charge is 2.26. The van der Waals surface area contributed by atoms with Crippen molar-refractivity contribution in [3.63, 3.8) is 0 Å². The van der Waals surface area contributed by atoms with Gasteiger partial charge >= 0.3 is 5.97 Å². The molecule has 0 radical (unpaired) electrons. The Hall–Kier alpha value is -2.80. The summed E-state index contributed by atoms with van der Waals surface area (Å²) in [6.07, 6.45) is -0.125. The summed E-state index contributed by atoms with van der Waals surface area (Å²) in [4.78, 5) is 24.7. The lowest BCUT2D eigenvalue weighted by Crippen LogP contribution is -2.26. The molecule has 1 aromatic carbocycles. The Morgan fingerprint density at radius 2 is 1.96 bits per heavy atom. The number of nitrogens with zero attached hydrogens (tertiary/aromatic N) is 1. The maximum atomic E-state index is 12.7. The number of aryl methyl sites for hydroxylation is 1. The second-order valence-corrected chi connectivity index (χ2v) is 6.01. The number of aromatic hydroxyl groups is 1. The first kappa shape index (κ1) is 19.5. The Morgan fingerprint density at radius 1 is 1.27 bits per heavy atom. The van der Waals surface area contributed by atoms with E-state index in [0.717, 1.165) is 0 Å². The van der Waals surface area contributed by atoms with Gasteiger partial charge < -0.3 is 24.3 Å². The molecule has 1 unspecified atom stereocenters. The summed E-state index contributed by atoms with van der Waals surface area (Å²) in [6, 6.07) is 6.49. The number of carbonyl (C=O) groups is 1. The molecule has 1 atom stereocenters. The predicted molar refractivity (Wildman–Crippen MR) is 95.5 cm³/mol. The van der Waals surface area contributed by atoms with E-state index in [1.165, 1.54) is 24.9 Å². The topological polar surface area (TPSA) is 98.0 Å². The Morgan fingerprint density at radius 3 is 2.54 bits per heavy atom. The van der Waals surface area contributed by atoms with Gasteiger partial charge in [0.25, 0.3) is 5.56 Å². The third kappa shape index (κ3) is 3.72. The van der Waals surface area contributed by atoms with E-state index in [1.54, 1.807) is 32.2 Å². The summed E-state index contributed by atoms with van der Waals surface area (Å²) in [5, 5.41) is 20.0. The van der Waals surface area contributed by atoms with Crippen LogP contribution in [0.2, 0.25) is 0 Å². The highest BCUT2D eigenvalue weighted by atomic mass is 16.5. The number of rotatable bonds is 6. The van der Waals surface area contributed by atoms with Crippen molar-refractivity contribution in [2.45, 2.75) is 25.9 Å². The van der Waals surface area contributed by atoms with Crippen LogP contribution in [0.3, 0.4) is 0 Å². The van der Waals surface area contributed by atoms with Crippen molar-refractivity contribution in [1.82, 2.24) is 4.57 Å². The first-order valence-corrected chi connectivity index (χ1v) is 8.08. The molecule has 1 aromatic heterocycles. The van der Waals surface area contributed by atoms with E-state index in [4.69, 9.17) is 9.47 Å². The number of esters is 1. The molecule has 0 saturated heterocycles. The molecule has 0 bridgehead atoms. The van der Waals surface area contributed by atoms with Gasteiger partial charge in [0, 0.05) is 24.2 Å². The molecular formula is C19H23NO6. The predicted octanol–water partition coefficient (Wildman–Crippen LogP) is 1.60. The van der Waals surface area contributed by atoms with Gasteiger partial charge in [-0.15, -0.1) is 0 Å². The molecule has 140 valence electrons. The van der Waals surface area contributed by atoms with Crippen LogP contribution in [-0.4, -0.2) is 35.0 Å². The van der Waals surface area contributed by atoms with Crippen LogP contribution >= 0.6 is 0 Å². The summed E-state index contributed by atoms with van der Waals surface area (Å²) in [5.74, 6) is -0.925. The van der Waals surface area contributed by atoms with Gasteiger partial charge in [-0.05, 0) is 30.7 Å². The maximum Gasteiger partial charge on any atom is 0.306 e. The van der Waals surface area contributed by atoms with Crippen molar-refractivity contribution < 1.29 is 24.5 Å². The average Bonchev–Trinajstić information content (AvgIpc) is 2.64. The van der Waals surface area contributed by atoms with Crippen LogP contribution in [0.15, 0.2) is 29.1 Å². The monoisotopic (exact) mass is 361 g/mol. The molecule has 0 spiro atoms. The number of hydrogen-bond donors (Lipinski definition) is 2. The van der Waals surface area contributed by atoms with Gasteiger partial charge in [0.1, 0.15) is 11.5 Å². The molecule has 0 aliphatic heterocycles. The Balaban J connectivity index is 2.68. The lowest BCUT2D eigenvalue weighted by Gasteiger charge is -2.20. The highest BCUT2D eigenvalue weighted by molar-refractivity contribution is 5.71. The first-order valence-electron chi connectivity index (χ1n) is 8.08. The van der Waals surface area contributed by atoms with Gasteiger partial charge in [-0.25, -0.2) is 0 Å². The minimum atomic E-state index is -0.724. The molecule has 0 aliphatic carbocycles.